The van der Waals surface area contributed by atoms with Gasteiger partial charge in [-0.3, -0.25) is 0 Å². The maximum Gasteiger partial charge on any atom is 0.335 e. The van der Waals surface area contributed by atoms with Crippen LogP contribution in [0.2, 0.25) is 5.02 Å². The van der Waals surface area contributed by atoms with Gasteiger partial charge < -0.3 is 10.0 Å². The number of carboxylic acids is 1. The van der Waals surface area contributed by atoms with E-state index in [1.807, 2.05) is 11.8 Å². The van der Waals surface area contributed by atoms with Crippen molar-refractivity contribution in [2.45, 2.75) is 6.92 Å². The number of carbonyl (C=O) groups is 1. The van der Waals surface area contributed by atoms with Gasteiger partial charge in [-0.25, -0.2) is 9.18 Å². The summed E-state index contributed by atoms with van der Waals surface area (Å²) in [5.74, 6) is -1.37. The third-order valence-corrected chi connectivity index (χ3v) is 3.22. The molecule has 0 saturated heterocycles. The third-order valence-electron chi connectivity index (χ3n) is 2.92. The molecule has 3 nitrogen and oxygen atoms in total. The summed E-state index contributed by atoms with van der Waals surface area (Å²) < 4.78 is 13.3. The lowest BCUT2D eigenvalue weighted by Crippen LogP contribution is -2.16. The quantitative estimate of drug-likeness (QED) is 0.912. The van der Waals surface area contributed by atoms with Gasteiger partial charge in [0.2, 0.25) is 0 Å². The number of halogens is 2. The summed E-state index contributed by atoms with van der Waals surface area (Å²) in [4.78, 5) is 12.7. The van der Waals surface area contributed by atoms with Gasteiger partial charge in [0.05, 0.1) is 16.3 Å². The first-order chi connectivity index (χ1) is 9.52. The molecule has 0 spiro atoms. The summed E-state index contributed by atoms with van der Waals surface area (Å²) in [6.07, 6.45) is 0. The van der Waals surface area contributed by atoms with E-state index in [2.05, 4.69) is 0 Å². The SMILES string of the molecule is CCN(c1cccc(F)c1)c1ccc(C(=O)O)cc1Cl. The molecule has 0 aliphatic rings. The fourth-order valence-electron chi connectivity index (χ4n) is 1.99. The van der Waals surface area contributed by atoms with E-state index in [0.29, 0.717) is 22.9 Å². The van der Waals surface area contributed by atoms with Crippen LogP contribution in [0.5, 0.6) is 0 Å². The Morgan fingerprint density at radius 2 is 2.05 bits per heavy atom. The van der Waals surface area contributed by atoms with Crippen LogP contribution in [0, 0.1) is 5.82 Å². The number of aromatic carboxylic acids is 1. The van der Waals surface area contributed by atoms with Crippen molar-refractivity contribution in [3.05, 3.63) is 58.9 Å². The molecule has 1 N–H and O–H groups in total. The number of hydrogen-bond donors (Lipinski definition) is 1. The monoisotopic (exact) mass is 293 g/mol. The van der Waals surface area contributed by atoms with Crippen LogP contribution in [-0.2, 0) is 0 Å². The Morgan fingerprint density at radius 3 is 2.60 bits per heavy atom. The molecule has 2 aromatic rings. The first-order valence-corrected chi connectivity index (χ1v) is 6.46. The summed E-state index contributed by atoms with van der Waals surface area (Å²) >= 11 is 6.14. The second-order valence-corrected chi connectivity index (χ2v) is 4.60. The minimum atomic E-state index is -1.03. The average molecular weight is 294 g/mol. The van der Waals surface area contributed by atoms with Gasteiger partial charge in [-0.05, 0) is 43.3 Å². The predicted octanol–water partition coefficient (Wildman–Crippen LogP) is 4.34. The van der Waals surface area contributed by atoms with Crippen molar-refractivity contribution in [2.24, 2.45) is 0 Å². The van der Waals surface area contributed by atoms with E-state index in [1.54, 1.807) is 18.2 Å². The number of hydrogen-bond acceptors (Lipinski definition) is 2. The third kappa shape index (κ3) is 2.91. The van der Waals surface area contributed by atoms with Crippen LogP contribution in [0.25, 0.3) is 0 Å². The summed E-state index contributed by atoms with van der Waals surface area (Å²) in [6, 6.07) is 10.7. The number of anilines is 2. The van der Waals surface area contributed by atoms with Crippen LogP contribution >= 0.6 is 11.6 Å². The molecule has 20 heavy (non-hydrogen) atoms. The molecule has 0 bridgehead atoms. The summed E-state index contributed by atoms with van der Waals surface area (Å²) in [5, 5.41) is 9.24. The van der Waals surface area contributed by atoms with Crippen LogP contribution in [0.4, 0.5) is 15.8 Å². The van der Waals surface area contributed by atoms with Crippen LogP contribution in [-0.4, -0.2) is 17.6 Å². The first-order valence-electron chi connectivity index (χ1n) is 6.09. The molecule has 0 unspecified atom stereocenters. The van der Waals surface area contributed by atoms with Crippen LogP contribution in [0.15, 0.2) is 42.5 Å². The van der Waals surface area contributed by atoms with Crippen molar-refractivity contribution in [1.82, 2.24) is 0 Å². The zero-order valence-corrected chi connectivity index (χ0v) is 11.6. The van der Waals surface area contributed by atoms with Crippen LogP contribution in [0.3, 0.4) is 0 Å². The average Bonchev–Trinajstić information content (AvgIpc) is 2.41. The van der Waals surface area contributed by atoms with Crippen molar-refractivity contribution < 1.29 is 14.3 Å². The minimum Gasteiger partial charge on any atom is -0.478 e. The molecular weight excluding hydrogens is 281 g/mol. The molecule has 0 fully saturated rings. The summed E-state index contributed by atoms with van der Waals surface area (Å²) in [7, 11) is 0. The van der Waals surface area contributed by atoms with Gasteiger partial charge in [0.15, 0.2) is 0 Å². The zero-order chi connectivity index (χ0) is 14.7. The lowest BCUT2D eigenvalue weighted by atomic mass is 10.1. The van der Waals surface area contributed by atoms with E-state index < -0.39 is 5.97 Å². The van der Waals surface area contributed by atoms with Crippen molar-refractivity contribution in [2.75, 3.05) is 11.4 Å². The fourth-order valence-corrected chi connectivity index (χ4v) is 2.28. The molecule has 0 saturated carbocycles. The van der Waals surface area contributed by atoms with Gasteiger partial charge >= 0.3 is 5.97 Å². The highest BCUT2D eigenvalue weighted by Gasteiger charge is 2.13. The fraction of sp³-hybridized carbons (Fsp3) is 0.133. The number of benzene rings is 2. The lowest BCUT2D eigenvalue weighted by Gasteiger charge is -2.24. The van der Waals surface area contributed by atoms with Gasteiger partial charge in [-0.1, -0.05) is 17.7 Å². The summed E-state index contributed by atoms with van der Waals surface area (Å²) in [5.41, 5.74) is 1.43. The molecule has 0 atom stereocenters. The van der Waals surface area contributed by atoms with E-state index in [-0.39, 0.29) is 11.4 Å². The van der Waals surface area contributed by atoms with Gasteiger partial charge in [-0.15, -0.1) is 0 Å². The molecule has 2 rings (SSSR count). The standard InChI is InChI=1S/C15H13ClFNO2/c1-2-18(12-5-3-4-11(17)9-12)14-7-6-10(15(19)20)8-13(14)16/h3-9H,2H2,1H3,(H,19,20). The van der Waals surface area contributed by atoms with Gasteiger partial charge in [-0.2, -0.15) is 0 Å². The lowest BCUT2D eigenvalue weighted by molar-refractivity contribution is 0.0697. The second-order valence-electron chi connectivity index (χ2n) is 4.20. The van der Waals surface area contributed by atoms with Gasteiger partial charge in [0.1, 0.15) is 5.82 Å². The van der Waals surface area contributed by atoms with Crippen molar-refractivity contribution in [1.29, 1.82) is 0 Å². The van der Waals surface area contributed by atoms with Crippen molar-refractivity contribution >= 4 is 28.9 Å². The number of rotatable bonds is 4. The predicted molar refractivity (Wildman–Crippen MR) is 77.5 cm³/mol. The first kappa shape index (κ1) is 14.3. The molecule has 0 aliphatic carbocycles. The normalized spacial score (nSPS) is 10.3. The Labute approximate surface area is 121 Å². The molecule has 0 amide bonds. The maximum absolute atomic E-state index is 13.3. The molecule has 0 aliphatic heterocycles. The van der Waals surface area contributed by atoms with Crippen LogP contribution in [0.1, 0.15) is 17.3 Å². The minimum absolute atomic E-state index is 0.119. The topological polar surface area (TPSA) is 40.5 Å². The molecule has 2 aromatic carbocycles. The maximum atomic E-state index is 13.3. The van der Waals surface area contributed by atoms with E-state index >= 15 is 0 Å². The highest BCUT2D eigenvalue weighted by molar-refractivity contribution is 6.33. The Bertz CT molecular complexity index is 646. The molecule has 0 heterocycles. The molecule has 104 valence electrons. The number of carboxylic acid groups (broad SMARTS) is 1. The largest absolute Gasteiger partial charge is 0.478 e. The van der Waals surface area contributed by atoms with Gasteiger partial charge in [0.25, 0.3) is 0 Å². The molecule has 0 radical (unpaired) electrons. The van der Waals surface area contributed by atoms with Crippen molar-refractivity contribution in [3.63, 3.8) is 0 Å². The Hall–Kier alpha value is -2.07. The number of nitrogens with zero attached hydrogens (tertiary/aromatic N) is 1. The van der Waals surface area contributed by atoms with Crippen molar-refractivity contribution in [3.8, 4) is 0 Å². The van der Waals surface area contributed by atoms with Crippen LogP contribution < -0.4 is 4.90 Å². The highest BCUT2D eigenvalue weighted by Crippen LogP contribution is 2.32. The summed E-state index contributed by atoms with van der Waals surface area (Å²) in [6.45, 7) is 2.49. The smallest absolute Gasteiger partial charge is 0.335 e. The van der Waals surface area contributed by atoms with E-state index in [4.69, 9.17) is 16.7 Å². The van der Waals surface area contributed by atoms with E-state index in [9.17, 15) is 9.18 Å². The molecule has 0 aromatic heterocycles. The zero-order valence-electron chi connectivity index (χ0n) is 10.8. The van der Waals surface area contributed by atoms with E-state index in [0.717, 1.165) is 0 Å². The van der Waals surface area contributed by atoms with Gasteiger partial charge in [0, 0.05) is 12.2 Å². The highest BCUT2D eigenvalue weighted by atomic mass is 35.5. The van der Waals surface area contributed by atoms with E-state index in [1.165, 1.54) is 24.3 Å². The Balaban J connectivity index is 2.44. The second kappa shape index (κ2) is 5.92. The molecular formula is C15H13ClFNO2. The Morgan fingerprint density at radius 1 is 1.30 bits per heavy atom. The Kier molecular flexibility index (Phi) is 4.25. The molecule has 5 heteroatoms.